The number of methoxy groups -OCH3 is 1. The van der Waals surface area contributed by atoms with Crippen molar-refractivity contribution >= 4 is 21.9 Å². The van der Waals surface area contributed by atoms with E-state index < -0.39 is 0 Å². The van der Waals surface area contributed by atoms with Crippen molar-refractivity contribution in [1.29, 1.82) is 0 Å². The molecule has 0 N–H and O–H groups in total. The van der Waals surface area contributed by atoms with Gasteiger partial charge < -0.3 is 4.74 Å². The molecule has 17 heavy (non-hydrogen) atoms. The predicted octanol–water partition coefficient (Wildman–Crippen LogP) is 3.30. The molecular weight excluding hydrogens is 282 g/mol. The summed E-state index contributed by atoms with van der Waals surface area (Å²) in [6.07, 6.45) is 1.52. The lowest BCUT2D eigenvalue weighted by atomic mass is 10.1. The molecule has 0 bridgehead atoms. The molecule has 0 amide bonds. The van der Waals surface area contributed by atoms with Crippen molar-refractivity contribution in [1.82, 2.24) is 4.98 Å². The van der Waals surface area contributed by atoms with Crippen molar-refractivity contribution in [2.75, 3.05) is 7.11 Å². The SMILES string of the molecule is COC(=O)c1ccc(-c2cccc(Br)c2)nc1. The van der Waals surface area contributed by atoms with Crippen molar-refractivity contribution in [3.63, 3.8) is 0 Å². The van der Waals surface area contributed by atoms with E-state index in [1.165, 1.54) is 13.3 Å². The summed E-state index contributed by atoms with van der Waals surface area (Å²) in [5.74, 6) is -0.377. The molecule has 0 aliphatic heterocycles. The maximum absolute atomic E-state index is 11.2. The number of aromatic nitrogens is 1. The van der Waals surface area contributed by atoms with Crippen molar-refractivity contribution < 1.29 is 9.53 Å². The molecule has 1 aromatic heterocycles. The zero-order chi connectivity index (χ0) is 12.3. The number of hydrogen-bond donors (Lipinski definition) is 0. The second-order valence-corrected chi connectivity index (χ2v) is 4.35. The molecule has 1 heterocycles. The maximum atomic E-state index is 11.2. The number of carbonyl (C=O) groups excluding carboxylic acids is 1. The van der Waals surface area contributed by atoms with Gasteiger partial charge in [0.05, 0.1) is 18.4 Å². The third-order valence-corrected chi connectivity index (χ3v) is 2.80. The Morgan fingerprint density at radius 3 is 2.71 bits per heavy atom. The number of benzene rings is 1. The number of nitrogens with zero attached hydrogens (tertiary/aromatic N) is 1. The second-order valence-electron chi connectivity index (χ2n) is 3.43. The van der Waals surface area contributed by atoms with Crippen LogP contribution in [-0.4, -0.2) is 18.1 Å². The van der Waals surface area contributed by atoms with Crippen molar-refractivity contribution in [3.05, 3.63) is 52.6 Å². The average Bonchev–Trinajstić information content (AvgIpc) is 2.38. The molecule has 3 nitrogen and oxygen atoms in total. The molecule has 0 aliphatic rings. The number of halogens is 1. The van der Waals surface area contributed by atoms with Crippen molar-refractivity contribution in [3.8, 4) is 11.3 Å². The van der Waals surface area contributed by atoms with E-state index in [0.717, 1.165) is 15.7 Å². The number of carbonyl (C=O) groups is 1. The first kappa shape index (κ1) is 11.8. The number of pyridine rings is 1. The van der Waals surface area contributed by atoms with Crippen LogP contribution in [0.15, 0.2) is 47.1 Å². The van der Waals surface area contributed by atoms with Crippen LogP contribution in [-0.2, 0) is 4.74 Å². The van der Waals surface area contributed by atoms with Crippen LogP contribution in [0.2, 0.25) is 0 Å². The highest BCUT2D eigenvalue weighted by Gasteiger charge is 2.06. The highest BCUT2D eigenvalue weighted by Crippen LogP contribution is 2.21. The van der Waals surface area contributed by atoms with Crippen LogP contribution in [0.25, 0.3) is 11.3 Å². The molecule has 0 saturated heterocycles. The van der Waals surface area contributed by atoms with Gasteiger partial charge in [0.15, 0.2) is 0 Å². The number of ether oxygens (including phenoxy) is 1. The molecule has 0 fully saturated rings. The van der Waals surface area contributed by atoms with Gasteiger partial charge in [-0.05, 0) is 24.3 Å². The first-order chi connectivity index (χ1) is 8.20. The molecule has 1 aromatic carbocycles. The van der Waals surface area contributed by atoms with Crippen LogP contribution in [0, 0.1) is 0 Å². The van der Waals surface area contributed by atoms with Crippen LogP contribution in [0.4, 0.5) is 0 Å². The standard InChI is InChI=1S/C13H10BrNO2/c1-17-13(16)10-5-6-12(15-8-10)9-3-2-4-11(14)7-9/h2-8H,1H3. The fourth-order valence-corrected chi connectivity index (χ4v) is 1.85. The number of esters is 1. The summed E-state index contributed by atoms with van der Waals surface area (Å²) in [5.41, 5.74) is 2.26. The summed E-state index contributed by atoms with van der Waals surface area (Å²) in [5, 5.41) is 0. The zero-order valence-corrected chi connectivity index (χ0v) is 10.8. The van der Waals surface area contributed by atoms with E-state index in [0.29, 0.717) is 5.56 Å². The second kappa shape index (κ2) is 5.10. The summed E-state index contributed by atoms with van der Waals surface area (Å²) >= 11 is 3.41. The lowest BCUT2D eigenvalue weighted by Crippen LogP contribution is -2.01. The Morgan fingerprint density at radius 2 is 2.12 bits per heavy atom. The fourth-order valence-electron chi connectivity index (χ4n) is 1.45. The van der Waals surface area contributed by atoms with Gasteiger partial charge in [0.2, 0.25) is 0 Å². The Balaban J connectivity index is 2.32. The lowest BCUT2D eigenvalue weighted by molar-refractivity contribution is 0.0600. The van der Waals surface area contributed by atoms with Crippen LogP contribution < -0.4 is 0 Å². The maximum Gasteiger partial charge on any atom is 0.339 e. The summed E-state index contributed by atoms with van der Waals surface area (Å²) < 4.78 is 5.61. The van der Waals surface area contributed by atoms with E-state index in [1.807, 2.05) is 24.3 Å². The molecule has 0 aliphatic carbocycles. The van der Waals surface area contributed by atoms with E-state index in [9.17, 15) is 4.79 Å². The van der Waals surface area contributed by atoms with Crippen LogP contribution in [0.5, 0.6) is 0 Å². The normalized spacial score (nSPS) is 10.0. The number of rotatable bonds is 2. The van der Waals surface area contributed by atoms with Gasteiger partial charge in [0.25, 0.3) is 0 Å². The lowest BCUT2D eigenvalue weighted by Gasteiger charge is -2.03. The quantitative estimate of drug-likeness (QED) is 0.797. The van der Waals surface area contributed by atoms with Gasteiger partial charge in [0.1, 0.15) is 0 Å². The topological polar surface area (TPSA) is 39.2 Å². The summed E-state index contributed by atoms with van der Waals surface area (Å²) in [7, 11) is 1.35. The summed E-state index contributed by atoms with van der Waals surface area (Å²) in [6, 6.07) is 11.3. The van der Waals surface area contributed by atoms with E-state index in [2.05, 4.69) is 25.7 Å². The molecule has 4 heteroatoms. The average molecular weight is 292 g/mol. The zero-order valence-electron chi connectivity index (χ0n) is 9.18. The van der Waals surface area contributed by atoms with Crippen LogP contribution in [0.3, 0.4) is 0 Å². The van der Waals surface area contributed by atoms with Gasteiger partial charge in [-0.25, -0.2) is 4.79 Å². The molecular formula is C13H10BrNO2. The molecule has 0 saturated carbocycles. The van der Waals surface area contributed by atoms with Gasteiger partial charge >= 0.3 is 5.97 Å². The molecule has 0 radical (unpaired) electrons. The van der Waals surface area contributed by atoms with Gasteiger partial charge in [-0.1, -0.05) is 28.1 Å². The molecule has 0 atom stereocenters. The monoisotopic (exact) mass is 291 g/mol. The fraction of sp³-hybridized carbons (Fsp3) is 0.0769. The van der Waals surface area contributed by atoms with Gasteiger partial charge in [0, 0.05) is 16.2 Å². The molecule has 2 aromatic rings. The minimum absolute atomic E-state index is 0.377. The Morgan fingerprint density at radius 1 is 1.29 bits per heavy atom. The van der Waals surface area contributed by atoms with Crippen LogP contribution in [0.1, 0.15) is 10.4 Å². The van der Waals surface area contributed by atoms with Gasteiger partial charge in [-0.3, -0.25) is 4.98 Å². The molecule has 0 unspecified atom stereocenters. The van der Waals surface area contributed by atoms with Crippen molar-refractivity contribution in [2.45, 2.75) is 0 Å². The van der Waals surface area contributed by atoms with Gasteiger partial charge in [-0.15, -0.1) is 0 Å². The minimum Gasteiger partial charge on any atom is -0.465 e. The van der Waals surface area contributed by atoms with Crippen molar-refractivity contribution in [2.24, 2.45) is 0 Å². The first-order valence-corrected chi connectivity index (χ1v) is 5.80. The smallest absolute Gasteiger partial charge is 0.339 e. The third-order valence-electron chi connectivity index (χ3n) is 2.30. The summed E-state index contributed by atoms with van der Waals surface area (Å²) in [6.45, 7) is 0. The Kier molecular flexibility index (Phi) is 3.54. The van der Waals surface area contributed by atoms with Crippen LogP contribution >= 0.6 is 15.9 Å². The van der Waals surface area contributed by atoms with E-state index in [4.69, 9.17) is 0 Å². The largest absolute Gasteiger partial charge is 0.465 e. The van der Waals surface area contributed by atoms with E-state index in [1.54, 1.807) is 12.1 Å². The Bertz CT molecular complexity index is 537. The minimum atomic E-state index is -0.377. The Labute approximate surface area is 108 Å². The highest BCUT2D eigenvalue weighted by molar-refractivity contribution is 9.10. The number of hydrogen-bond acceptors (Lipinski definition) is 3. The van der Waals surface area contributed by atoms with E-state index in [-0.39, 0.29) is 5.97 Å². The third kappa shape index (κ3) is 2.71. The molecule has 2 rings (SSSR count). The predicted molar refractivity (Wildman–Crippen MR) is 68.7 cm³/mol. The van der Waals surface area contributed by atoms with Gasteiger partial charge in [-0.2, -0.15) is 0 Å². The Hall–Kier alpha value is -1.68. The van der Waals surface area contributed by atoms with E-state index >= 15 is 0 Å². The first-order valence-electron chi connectivity index (χ1n) is 5.01. The summed E-state index contributed by atoms with van der Waals surface area (Å²) in [4.78, 5) is 15.5. The highest BCUT2D eigenvalue weighted by atomic mass is 79.9. The molecule has 0 spiro atoms. The molecule has 86 valence electrons.